The number of carbonyl (C=O) groups excluding carboxylic acids is 1. The predicted molar refractivity (Wildman–Crippen MR) is 257 cm³/mol. The third kappa shape index (κ3) is 9.90. The third-order valence-electron chi connectivity index (χ3n) is 20.5. The Balaban J connectivity index is 0.880. The number of ether oxygens (including phenoxy) is 8. The van der Waals surface area contributed by atoms with Gasteiger partial charge in [0.15, 0.2) is 18.9 Å². The molecule has 2 unspecified atom stereocenters. The maximum absolute atomic E-state index is 15.0. The standard InChI is InChI=1S/C53H86O22/c1-22-43(74-46-40(64)36(60)33(57)27(20-55)71-46)38(62)42(66)45(69-22)73-31-12-14-52(7)29(50(31,4)5)11-13-51(6)24-10-15-53(17-16-49(2,3)18-25(53)23(24)8-9-30(51)52)48(67)75-47-41(65)37(61)34(58)28(72-47)21-68-44-39(63)35(59)32(56)26(19-54)70-44/h22,25-47,54-66H,8-21H2,1-7H3/t22-,25+,26-,27-,28-,29?,30?,31+,32-,33-,34-,35+,36+,37+,38-,39-,40-,41-,42-,43+,44-,45+,46+,47+,51+,52+,53-/m1/s1. The fourth-order valence-electron chi connectivity index (χ4n) is 16.0. The number of allylic oxidation sites excluding steroid dienone is 2. The molecule has 5 aliphatic carbocycles. The summed E-state index contributed by atoms with van der Waals surface area (Å²) in [4.78, 5) is 15.0. The molecule has 0 bridgehead atoms. The lowest BCUT2D eigenvalue weighted by molar-refractivity contribution is -0.364. The highest BCUT2D eigenvalue weighted by Crippen LogP contribution is 2.72. The average molecular weight is 1080 g/mol. The second-order valence-corrected chi connectivity index (χ2v) is 25.6. The summed E-state index contributed by atoms with van der Waals surface area (Å²) in [6.07, 6.45) is -22.6. The second-order valence-electron chi connectivity index (χ2n) is 25.6. The Hall–Kier alpha value is -1.59. The van der Waals surface area contributed by atoms with Crippen LogP contribution in [-0.4, -0.2) is 221 Å². The second kappa shape index (κ2) is 21.4. The summed E-state index contributed by atoms with van der Waals surface area (Å²) < 4.78 is 47.4. The lowest BCUT2D eigenvalue weighted by Gasteiger charge is -2.67. The fraction of sp³-hybridized carbons (Fsp3) is 0.943. The summed E-state index contributed by atoms with van der Waals surface area (Å²) in [7, 11) is 0. The van der Waals surface area contributed by atoms with Gasteiger partial charge in [0.2, 0.25) is 6.29 Å². The Bertz CT molecular complexity index is 2050. The van der Waals surface area contributed by atoms with Gasteiger partial charge in [-0.2, -0.15) is 0 Å². The van der Waals surface area contributed by atoms with Crippen LogP contribution in [0.25, 0.3) is 0 Å². The molecule has 0 spiro atoms. The summed E-state index contributed by atoms with van der Waals surface area (Å²) in [6, 6.07) is 0. The van der Waals surface area contributed by atoms with Crippen LogP contribution in [0.2, 0.25) is 0 Å². The Kier molecular flexibility index (Phi) is 16.6. The summed E-state index contributed by atoms with van der Waals surface area (Å²) in [5.41, 5.74) is 0.994. The van der Waals surface area contributed by atoms with Gasteiger partial charge in [-0.05, 0) is 117 Å². The molecule has 0 radical (unpaired) electrons. The zero-order valence-electron chi connectivity index (χ0n) is 44.2. The van der Waals surface area contributed by atoms with Crippen LogP contribution in [0.1, 0.15) is 119 Å². The van der Waals surface area contributed by atoms with Crippen molar-refractivity contribution >= 4 is 5.97 Å². The van der Waals surface area contributed by atoms with Crippen LogP contribution in [0.15, 0.2) is 11.1 Å². The van der Waals surface area contributed by atoms with Gasteiger partial charge in [-0.15, -0.1) is 0 Å². The summed E-state index contributed by atoms with van der Waals surface area (Å²) in [5.74, 6) is -0.199. The number of carbonyl (C=O) groups is 1. The van der Waals surface area contributed by atoms with Crippen molar-refractivity contribution in [1.29, 1.82) is 0 Å². The molecule has 22 heteroatoms. The maximum atomic E-state index is 15.0. The van der Waals surface area contributed by atoms with Gasteiger partial charge in [-0.25, -0.2) is 0 Å². The SMILES string of the molecule is C[C@H]1O[C@@H](O[C@H]2CC[C@@]3(C)C(CC[C@@]4(C)C5=C(CCC34)[C@@H]3CC(C)(C)CC[C@]3(C(=O)O[C@@H]3O[C@H](CO[C@@H]4O[C@H](CO)[C@@H](O)[C@H](O)[C@H]4O)[C@@H](O)[C@H](O)[C@H]3O)CC5)C2(C)C)[C@H](O)[C@@H](O)[C@H]1O[C@@H]1O[C@H](CO)[C@@H](O)[C@H](O)[C@H]1O. The number of hydrogen-bond acceptors (Lipinski definition) is 22. The Morgan fingerprint density at radius 1 is 0.560 bits per heavy atom. The van der Waals surface area contributed by atoms with Crippen LogP contribution in [0, 0.1) is 44.8 Å². The first-order valence-electron chi connectivity index (χ1n) is 27.3. The number of rotatable bonds is 11. The summed E-state index contributed by atoms with van der Waals surface area (Å²) in [6.45, 7) is 13.4. The van der Waals surface area contributed by atoms with Gasteiger partial charge in [0.25, 0.3) is 0 Å². The van der Waals surface area contributed by atoms with Crippen molar-refractivity contribution < 1.29 is 109 Å². The number of fused-ring (bicyclic) bond motifs is 6. The highest BCUT2D eigenvalue weighted by Gasteiger charge is 2.66. The molecule has 9 rings (SSSR count). The van der Waals surface area contributed by atoms with E-state index in [0.717, 1.165) is 44.9 Å². The molecule has 4 aliphatic heterocycles. The molecule has 27 atom stereocenters. The fourth-order valence-corrected chi connectivity index (χ4v) is 16.0. The zero-order valence-corrected chi connectivity index (χ0v) is 44.2. The highest BCUT2D eigenvalue weighted by atomic mass is 16.8. The zero-order chi connectivity index (χ0) is 54.6. The van der Waals surface area contributed by atoms with Crippen LogP contribution in [0.5, 0.6) is 0 Å². The molecule has 3 saturated carbocycles. The maximum Gasteiger partial charge on any atom is 0.315 e. The number of hydrogen-bond donors (Lipinski definition) is 13. The van der Waals surface area contributed by atoms with Crippen LogP contribution in [-0.2, 0) is 42.7 Å². The van der Waals surface area contributed by atoms with Crippen molar-refractivity contribution in [2.75, 3.05) is 19.8 Å². The number of aliphatic hydroxyl groups excluding tert-OH is 13. The largest absolute Gasteiger partial charge is 0.432 e. The van der Waals surface area contributed by atoms with Crippen LogP contribution >= 0.6 is 0 Å². The molecule has 22 nitrogen and oxygen atoms in total. The lowest BCUT2D eigenvalue weighted by Crippen LogP contribution is -2.65. The summed E-state index contributed by atoms with van der Waals surface area (Å²) >= 11 is 0. The molecule has 4 saturated heterocycles. The van der Waals surface area contributed by atoms with Gasteiger partial charge >= 0.3 is 5.97 Å². The van der Waals surface area contributed by atoms with Crippen molar-refractivity contribution in [1.82, 2.24) is 0 Å². The Morgan fingerprint density at radius 3 is 1.76 bits per heavy atom. The number of esters is 1. The van der Waals surface area contributed by atoms with Gasteiger partial charge in [-0.1, -0.05) is 52.7 Å². The van der Waals surface area contributed by atoms with Crippen molar-refractivity contribution in [3.05, 3.63) is 11.1 Å². The van der Waals surface area contributed by atoms with E-state index in [0.29, 0.717) is 31.6 Å². The van der Waals surface area contributed by atoms with E-state index in [4.69, 9.17) is 37.9 Å². The van der Waals surface area contributed by atoms with Gasteiger partial charge < -0.3 is 104 Å². The quantitative estimate of drug-likeness (QED) is 0.0653. The average Bonchev–Trinajstić information content (AvgIpc) is 3.41. The van der Waals surface area contributed by atoms with E-state index in [1.807, 2.05) is 0 Å². The van der Waals surface area contributed by atoms with Crippen LogP contribution in [0.4, 0.5) is 0 Å². The minimum atomic E-state index is -1.81. The molecule has 0 aromatic carbocycles. The molecule has 4 heterocycles. The normalized spacial score (nSPS) is 52.7. The first-order valence-corrected chi connectivity index (χ1v) is 27.3. The minimum Gasteiger partial charge on any atom is -0.432 e. The van der Waals surface area contributed by atoms with E-state index >= 15 is 0 Å². The third-order valence-corrected chi connectivity index (χ3v) is 20.5. The van der Waals surface area contributed by atoms with E-state index in [1.165, 1.54) is 11.1 Å². The van der Waals surface area contributed by atoms with Crippen molar-refractivity contribution in [3.8, 4) is 0 Å². The Morgan fingerprint density at radius 2 is 1.12 bits per heavy atom. The van der Waals surface area contributed by atoms with Gasteiger partial charge in [-0.3, -0.25) is 4.79 Å². The molecule has 7 fully saturated rings. The van der Waals surface area contributed by atoms with Gasteiger partial charge in [0.1, 0.15) is 91.6 Å². The minimum absolute atomic E-state index is 0.0939. The molecule has 0 amide bonds. The summed E-state index contributed by atoms with van der Waals surface area (Å²) in [5, 5.41) is 137. The first-order chi connectivity index (χ1) is 35.1. The van der Waals surface area contributed by atoms with E-state index in [-0.39, 0.29) is 34.2 Å². The molecule has 13 N–H and O–H groups in total. The molecule has 75 heavy (non-hydrogen) atoms. The smallest absolute Gasteiger partial charge is 0.315 e. The molecular weight excluding hydrogens is 989 g/mol. The molecule has 0 aromatic rings. The van der Waals surface area contributed by atoms with Crippen molar-refractivity contribution in [2.45, 2.75) is 248 Å². The van der Waals surface area contributed by atoms with E-state index in [1.54, 1.807) is 6.92 Å². The van der Waals surface area contributed by atoms with Crippen LogP contribution in [0.3, 0.4) is 0 Å². The van der Waals surface area contributed by atoms with Crippen molar-refractivity contribution in [2.24, 2.45) is 44.8 Å². The molecule has 430 valence electrons. The Labute approximate surface area is 437 Å². The van der Waals surface area contributed by atoms with E-state index in [2.05, 4.69) is 41.5 Å². The van der Waals surface area contributed by atoms with Crippen molar-refractivity contribution in [3.63, 3.8) is 0 Å². The lowest BCUT2D eigenvalue weighted by atomic mass is 9.38. The topological polar surface area (TPSA) is 354 Å². The van der Waals surface area contributed by atoms with E-state index < -0.39 is 159 Å². The number of aliphatic hydroxyl groups is 13. The molecule has 9 aliphatic rings. The first kappa shape index (κ1) is 58.1. The van der Waals surface area contributed by atoms with Gasteiger partial charge in [0, 0.05) is 0 Å². The van der Waals surface area contributed by atoms with E-state index in [9.17, 15) is 71.2 Å². The van der Waals surface area contributed by atoms with Gasteiger partial charge in [0.05, 0.1) is 37.4 Å². The highest BCUT2D eigenvalue weighted by molar-refractivity contribution is 5.79. The molecule has 0 aromatic heterocycles. The molecular formula is C53H86O22. The predicted octanol–water partition coefficient (Wildman–Crippen LogP) is -1.25. The van der Waals surface area contributed by atoms with Crippen LogP contribution < -0.4 is 0 Å². The monoisotopic (exact) mass is 1070 g/mol.